The van der Waals surface area contributed by atoms with Crippen LogP contribution in [0.3, 0.4) is 0 Å². The molecule has 2 rings (SSSR count). The van der Waals surface area contributed by atoms with Crippen molar-refractivity contribution in [1.82, 2.24) is 9.80 Å². The summed E-state index contributed by atoms with van der Waals surface area (Å²) in [4.78, 5) is 25.6. The summed E-state index contributed by atoms with van der Waals surface area (Å²) in [6.45, 7) is 0. The van der Waals surface area contributed by atoms with E-state index in [0.717, 1.165) is 9.80 Å². The Morgan fingerprint density at radius 3 is 1.55 bits per heavy atom. The second-order valence-electron chi connectivity index (χ2n) is 4.04. The van der Waals surface area contributed by atoms with Gasteiger partial charge >= 0.3 is 0 Å². The minimum atomic E-state index is -1.79. The molecular formula is C14H12N2O3S3. The van der Waals surface area contributed by atoms with Gasteiger partial charge in [-0.1, -0.05) is 49.6 Å². The second-order valence-corrected chi connectivity index (χ2v) is 6.18. The first kappa shape index (κ1) is 16.6. The minimum absolute atomic E-state index is 0.194. The van der Waals surface area contributed by atoms with E-state index in [1.54, 1.807) is 36.5 Å². The van der Waals surface area contributed by atoms with Crippen LogP contribution in [0.1, 0.15) is 0 Å². The van der Waals surface area contributed by atoms with E-state index in [-0.39, 0.29) is 10.1 Å². The summed E-state index contributed by atoms with van der Waals surface area (Å²) in [5.74, 6) is 0. The molecule has 0 aromatic carbocycles. The number of rotatable bonds is 2. The van der Waals surface area contributed by atoms with Crippen LogP contribution in [0.25, 0.3) is 0 Å². The van der Waals surface area contributed by atoms with Crippen LogP contribution in [0, 0.1) is 0 Å². The zero-order valence-electron chi connectivity index (χ0n) is 11.2. The van der Waals surface area contributed by atoms with Crippen LogP contribution < -0.4 is 0 Å². The van der Waals surface area contributed by atoms with Gasteiger partial charge in [0.1, 0.15) is 20.9 Å². The van der Waals surface area contributed by atoms with Crippen LogP contribution in [0.4, 0.5) is 9.59 Å². The average Bonchev–Trinajstić information content (AvgIpc) is 2.86. The van der Waals surface area contributed by atoms with Gasteiger partial charge in [0.2, 0.25) is 0 Å². The van der Waals surface area contributed by atoms with Gasteiger partial charge in [-0.15, -0.1) is 0 Å². The fourth-order valence-electron chi connectivity index (χ4n) is 1.71. The SMILES string of the molecule is O=C(S)N1C=CC=CC=C1S(=O)C1=CC=CC=CN1C(=O)S. The average molecular weight is 352 g/mol. The van der Waals surface area contributed by atoms with Crippen molar-refractivity contribution in [1.29, 1.82) is 0 Å². The molecule has 0 saturated heterocycles. The lowest BCUT2D eigenvalue weighted by atomic mass is 10.5. The van der Waals surface area contributed by atoms with Gasteiger partial charge in [0.15, 0.2) is 0 Å². The maximum Gasteiger partial charge on any atom is 0.287 e. The molecule has 0 aromatic rings. The number of amides is 2. The molecule has 22 heavy (non-hydrogen) atoms. The monoisotopic (exact) mass is 352 g/mol. The van der Waals surface area contributed by atoms with Gasteiger partial charge in [0, 0.05) is 12.4 Å². The van der Waals surface area contributed by atoms with E-state index >= 15 is 0 Å². The van der Waals surface area contributed by atoms with Crippen LogP contribution in [0.5, 0.6) is 0 Å². The Bertz CT molecular complexity index is 644. The number of carbonyl (C=O) groups excluding carboxylic acids is 2. The third-order valence-corrected chi connectivity index (χ3v) is 4.52. The summed E-state index contributed by atoms with van der Waals surface area (Å²) in [6, 6.07) is 0. The minimum Gasteiger partial charge on any atom is -0.270 e. The quantitative estimate of drug-likeness (QED) is 0.750. The Morgan fingerprint density at radius 2 is 1.18 bits per heavy atom. The second kappa shape index (κ2) is 7.48. The van der Waals surface area contributed by atoms with Crippen LogP contribution in [-0.2, 0) is 10.8 Å². The molecule has 2 heterocycles. The van der Waals surface area contributed by atoms with Crippen molar-refractivity contribution >= 4 is 46.5 Å². The van der Waals surface area contributed by atoms with Crippen molar-refractivity contribution in [2.75, 3.05) is 0 Å². The fourth-order valence-corrected chi connectivity index (χ4v) is 3.46. The molecule has 0 bridgehead atoms. The molecule has 0 N–H and O–H groups in total. The summed E-state index contributed by atoms with van der Waals surface area (Å²) in [7, 11) is -1.79. The summed E-state index contributed by atoms with van der Waals surface area (Å²) < 4.78 is 12.9. The molecular weight excluding hydrogens is 340 g/mol. The highest BCUT2D eigenvalue weighted by Gasteiger charge is 2.26. The maximum absolute atomic E-state index is 12.9. The van der Waals surface area contributed by atoms with Gasteiger partial charge in [-0.2, -0.15) is 0 Å². The first-order valence-electron chi connectivity index (χ1n) is 6.09. The normalized spacial score (nSPS) is 17.2. The Hall–Kier alpha value is -1.77. The Morgan fingerprint density at radius 1 is 0.773 bits per heavy atom. The van der Waals surface area contributed by atoms with Gasteiger partial charge in [-0.3, -0.25) is 19.4 Å². The first-order chi connectivity index (χ1) is 10.5. The van der Waals surface area contributed by atoms with Crippen LogP contribution >= 0.6 is 25.3 Å². The van der Waals surface area contributed by atoms with E-state index in [1.165, 1.54) is 24.6 Å². The molecule has 2 aliphatic heterocycles. The Kier molecular flexibility index (Phi) is 5.64. The first-order valence-corrected chi connectivity index (χ1v) is 8.13. The largest absolute Gasteiger partial charge is 0.287 e. The van der Waals surface area contributed by atoms with E-state index in [2.05, 4.69) is 25.3 Å². The molecule has 0 atom stereocenters. The number of carbonyl (C=O) groups is 2. The third kappa shape index (κ3) is 3.70. The van der Waals surface area contributed by atoms with E-state index in [1.807, 2.05) is 0 Å². The van der Waals surface area contributed by atoms with Gasteiger partial charge in [0.25, 0.3) is 10.5 Å². The molecule has 0 spiro atoms. The van der Waals surface area contributed by atoms with E-state index in [0.29, 0.717) is 0 Å². The number of thiol groups is 2. The zero-order valence-corrected chi connectivity index (χ0v) is 13.8. The summed E-state index contributed by atoms with van der Waals surface area (Å²) in [6.07, 6.45) is 15.9. The van der Waals surface area contributed by atoms with Gasteiger partial charge in [-0.05, 0) is 24.3 Å². The summed E-state index contributed by atoms with van der Waals surface area (Å²) in [5.41, 5.74) is 0. The molecule has 5 nitrogen and oxygen atoms in total. The lowest BCUT2D eigenvalue weighted by Gasteiger charge is -2.23. The topological polar surface area (TPSA) is 57.7 Å². The smallest absolute Gasteiger partial charge is 0.270 e. The van der Waals surface area contributed by atoms with Crippen molar-refractivity contribution in [2.45, 2.75) is 0 Å². The molecule has 0 radical (unpaired) electrons. The van der Waals surface area contributed by atoms with Crippen molar-refractivity contribution in [3.05, 3.63) is 71.1 Å². The molecule has 2 aliphatic rings. The van der Waals surface area contributed by atoms with Crippen LogP contribution in [0.15, 0.2) is 71.1 Å². The lowest BCUT2D eigenvalue weighted by molar-refractivity contribution is 0.248. The molecule has 0 aliphatic carbocycles. The van der Waals surface area contributed by atoms with Gasteiger partial charge < -0.3 is 0 Å². The number of hydrogen-bond acceptors (Lipinski definition) is 3. The molecule has 0 unspecified atom stereocenters. The van der Waals surface area contributed by atoms with Gasteiger partial charge in [-0.25, -0.2) is 4.21 Å². The van der Waals surface area contributed by atoms with Crippen molar-refractivity contribution in [3.63, 3.8) is 0 Å². The van der Waals surface area contributed by atoms with Crippen LogP contribution in [-0.4, -0.2) is 24.5 Å². The number of hydrogen-bond donors (Lipinski definition) is 2. The van der Waals surface area contributed by atoms with E-state index in [4.69, 9.17) is 0 Å². The Labute approximate surface area is 141 Å². The number of nitrogens with zero attached hydrogens (tertiary/aromatic N) is 2. The summed E-state index contributed by atoms with van der Waals surface area (Å²) in [5, 5.41) is -0.772. The standard InChI is InChI=1S/C14H12N2O3S3/c17-13(20)15-9-5-1-3-7-11(15)22(19)12-8-4-2-6-10-16(12)14(18)21/h1-10H,(H,17,20)(H,18,21). The van der Waals surface area contributed by atoms with Crippen molar-refractivity contribution in [3.8, 4) is 0 Å². The Balaban J connectivity index is 2.44. The fraction of sp³-hybridized carbons (Fsp3) is 0. The van der Waals surface area contributed by atoms with Crippen molar-refractivity contribution < 1.29 is 13.8 Å². The van der Waals surface area contributed by atoms with Crippen LogP contribution in [0.2, 0.25) is 0 Å². The van der Waals surface area contributed by atoms with Crippen molar-refractivity contribution in [2.24, 2.45) is 0 Å². The zero-order chi connectivity index (χ0) is 16.1. The predicted molar refractivity (Wildman–Crippen MR) is 93.3 cm³/mol. The van der Waals surface area contributed by atoms with E-state index < -0.39 is 21.3 Å². The molecule has 0 aromatic heterocycles. The highest BCUT2D eigenvalue weighted by atomic mass is 32.2. The number of allylic oxidation sites excluding steroid dienone is 8. The molecule has 0 fully saturated rings. The molecule has 2 amide bonds. The highest BCUT2D eigenvalue weighted by Crippen LogP contribution is 2.25. The van der Waals surface area contributed by atoms with E-state index in [9.17, 15) is 13.8 Å². The summed E-state index contributed by atoms with van der Waals surface area (Å²) >= 11 is 7.56. The predicted octanol–water partition coefficient (Wildman–Crippen LogP) is 3.29. The molecule has 114 valence electrons. The molecule has 0 saturated carbocycles. The molecule has 8 heteroatoms. The maximum atomic E-state index is 12.9. The third-order valence-electron chi connectivity index (χ3n) is 2.66. The lowest BCUT2D eigenvalue weighted by Crippen LogP contribution is -2.28. The highest BCUT2D eigenvalue weighted by molar-refractivity contribution is 7.97. The van der Waals surface area contributed by atoms with Gasteiger partial charge in [0.05, 0.1) is 0 Å².